The monoisotopic (exact) mass is 476 g/mol. The lowest BCUT2D eigenvalue weighted by Gasteiger charge is -2.31. The molecule has 0 aliphatic heterocycles. The van der Waals surface area contributed by atoms with Crippen LogP contribution in [0.3, 0.4) is 0 Å². The van der Waals surface area contributed by atoms with Crippen LogP contribution < -0.4 is 9.62 Å². The first kappa shape index (κ1) is 25.8. The van der Waals surface area contributed by atoms with Crippen molar-refractivity contribution in [3.8, 4) is 0 Å². The zero-order valence-electron chi connectivity index (χ0n) is 19.0. The number of carbonyl (C=O) groups is 2. The third-order valence-corrected chi connectivity index (χ3v) is 6.19. The van der Waals surface area contributed by atoms with Gasteiger partial charge in [0.2, 0.25) is 21.8 Å². The topological polar surface area (TPSA) is 130 Å². The number of carbonyl (C=O) groups excluding carboxylic acids is 2. The molecule has 10 nitrogen and oxygen atoms in total. The van der Waals surface area contributed by atoms with E-state index >= 15 is 0 Å². The van der Waals surface area contributed by atoms with E-state index < -0.39 is 33.4 Å². The van der Waals surface area contributed by atoms with Crippen LogP contribution in [-0.4, -0.2) is 55.4 Å². The van der Waals surface area contributed by atoms with Gasteiger partial charge in [0.15, 0.2) is 0 Å². The van der Waals surface area contributed by atoms with Crippen molar-refractivity contribution in [2.45, 2.75) is 33.4 Å². The fourth-order valence-electron chi connectivity index (χ4n) is 3.26. The third kappa shape index (κ3) is 6.75. The lowest BCUT2D eigenvalue weighted by atomic mass is 10.1. The highest BCUT2D eigenvalue weighted by atomic mass is 32.2. The van der Waals surface area contributed by atoms with Crippen LogP contribution in [0.15, 0.2) is 48.5 Å². The van der Waals surface area contributed by atoms with E-state index in [1.54, 1.807) is 45.0 Å². The number of non-ortho nitro benzene ring substituents is 1. The van der Waals surface area contributed by atoms with E-state index in [0.29, 0.717) is 12.1 Å². The van der Waals surface area contributed by atoms with E-state index in [2.05, 4.69) is 5.32 Å². The van der Waals surface area contributed by atoms with E-state index in [4.69, 9.17) is 0 Å². The maximum absolute atomic E-state index is 13.4. The molecule has 1 unspecified atom stereocenters. The fraction of sp³-hybridized carbons (Fsp3) is 0.364. The average molecular weight is 477 g/mol. The Balaban J connectivity index is 2.46. The summed E-state index contributed by atoms with van der Waals surface area (Å²) in [4.78, 5) is 37.7. The third-order valence-electron chi connectivity index (χ3n) is 5.07. The van der Waals surface area contributed by atoms with Crippen LogP contribution in [0.1, 0.15) is 25.0 Å². The van der Waals surface area contributed by atoms with Gasteiger partial charge in [-0.25, -0.2) is 8.42 Å². The number of sulfonamides is 1. The van der Waals surface area contributed by atoms with Gasteiger partial charge in [-0.15, -0.1) is 0 Å². The van der Waals surface area contributed by atoms with Gasteiger partial charge in [0, 0.05) is 25.2 Å². The van der Waals surface area contributed by atoms with Gasteiger partial charge in [-0.3, -0.25) is 24.0 Å². The molecule has 33 heavy (non-hydrogen) atoms. The van der Waals surface area contributed by atoms with Crippen molar-refractivity contribution in [3.63, 3.8) is 0 Å². The van der Waals surface area contributed by atoms with Crippen LogP contribution in [0.4, 0.5) is 11.4 Å². The van der Waals surface area contributed by atoms with Gasteiger partial charge in [-0.05, 0) is 31.9 Å². The molecule has 0 aromatic heterocycles. The molecule has 0 aliphatic rings. The van der Waals surface area contributed by atoms with Crippen molar-refractivity contribution in [2.75, 3.05) is 23.7 Å². The second-order valence-corrected chi connectivity index (χ2v) is 9.48. The van der Waals surface area contributed by atoms with Crippen LogP contribution in [0.5, 0.6) is 0 Å². The summed E-state index contributed by atoms with van der Waals surface area (Å²) in [5, 5.41) is 13.9. The molecule has 0 saturated heterocycles. The summed E-state index contributed by atoms with van der Waals surface area (Å²) in [6.07, 6.45) is 0.924. The molecule has 0 heterocycles. The van der Waals surface area contributed by atoms with E-state index in [-0.39, 0.29) is 23.8 Å². The van der Waals surface area contributed by atoms with Crippen molar-refractivity contribution < 1.29 is 22.9 Å². The zero-order valence-corrected chi connectivity index (χ0v) is 19.8. The molecule has 0 saturated carbocycles. The molecule has 2 aromatic carbocycles. The molecule has 2 rings (SSSR count). The number of benzene rings is 2. The molecule has 1 N–H and O–H groups in total. The second kappa shape index (κ2) is 10.9. The molecule has 2 amide bonds. The van der Waals surface area contributed by atoms with Crippen molar-refractivity contribution in [3.05, 3.63) is 69.8 Å². The number of hydrogen-bond acceptors (Lipinski definition) is 6. The lowest BCUT2D eigenvalue weighted by Crippen LogP contribution is -2.51. The van der Waals surface area contributed by atoms with E-state index in [0.717, 1.165) is 22.2 Å². The highest BCUT2D eigenvalue weighted by Gasteiger charge is 2.31. The fourth-order valence-corrected chi connectivity index (χ4v) is 4.16. The molecule has 11 heteroatoms. The average Bonchev–Trinajstić information content (AvgIpc) is 2.75. The molecule has 0 spiro atoms. The van der Waals surface area contributed by atoms with Crippen LogP contribution in [-0.2, 0) is 26.2 Å². The van der Waals surface area contributed by atoms with Crippen molar-refractivity contribution in [2.24, 2.45) is 0 Å². The first-order chi connectivity index (χ1) is 15.5. The number of nitro benzene ring substituents is 1. The molecular formula is C22H28N4O6S. The number of amides is 2. The highest BCUT2D eigenvalue weighted by molar-refractivity contribution is 7.92. The van der Waals surface area contributed by atoms with E-state index in [9.17, 15) is 28.1 Å². The van der Waals surface area contributed by atoms with Gasteiger partial charge < -0.3 is 10.2 Å². The van der Waals surface area contributed by atoms with Crippen LogP contribution >= 0.6 is 0 Å². The SMILES string of the molecule is CCNC(=O)C(C)N(Cc1ccccc1)C(=O)CN(c1cc([N+](=O)[O-])ccc1C)S(C)(=O)=O. The number of hydrogen-bond donors (Lipinski definition) is 1. The molecule has 1 atom stereocenters. The minimum Gasteiger partial charge on any atom is -0.355 e. The standard InChI is InChI=1S/C22H28N4O6S/c1-5-23-22(28)17(3)24(14-18-9-7-6-8-10-18)21(27)15-25(33(4,31)32)20-13-19(26(29)30)12-11-16(20)2/h6-13,17H,5,14-15H2,1-4H3,(H,23,28). The summed E-state index contributed by atoms with van der Waals surface area (Å²) >= 11 is 0. The summed E-state index contributed by atoms with van der Waals surface area (Å²) in [5.74, 6) is -0.992. The summed E-state index contributed by atoms with van der Waals surface area (Å²) in [6.45, 7) is 4.76. The second-order valence-electron chi connectivity index (χ2n) is 7.58. The van der Waals surface area contributed by atoms with Gasteiger partial charge in [0.25, 0.3) is 5.69 Å². The molecule has 0 radical (unpaired) electrons. The number of nitrogens with zero attached hydrogens (tertiary/aromatic N) is 3. The van der Waals surface area contributed by atoms with Crippen LogP contribution in [0, 0.1) is 17.0 Å². The number of nitro groups is 1. The smallest absolute Gasteiger partial charge is 0.271 e. The largest absolute Gasteiger partial charge is 0.355 e. The van der Waals surface area contributed by atoms with Crippen molar-refractivity contribution >= 4 is 33.2 Å². The van der Waals surface area contributed by atoms with E-state index in [1.807, 2.05) is 6.07 Å². The van der Waals surface area contributed by atoms with E-state index in [1.165, 1.54) is 17.0 Å². The number of likely N-dealkylation sites (N-methyl/N-ethyl adjacent to an activating group) is 1. The van der Waals surface area contributed by atoms with Crippen molar-refractivity contribution in [1.29, 1.82) is 0 Å². The van der Waals surface area contributed by atoms with Gasteiger partial charge >= 0.3 is 0 Å². The predicted octanol–water partition coefficient (Wildman–Crippen LogP) is 2.22. The molecule has 2 aromatic rings. The van der Waals surface area contributed by atoms with Crippen molar-refractivity contribution in [1.82, 2.24) is 10.2 Å². The maximum atomic E-state index is 13.4. The summed E-state index contributed by atoms with van der Waals surface area (Å²) in [5.41, 5.74) is 0.948. The summed E-state index contributed by atoms with van der Waals surface area (Å²) < 4.78 is 26.0. The van der Waals surface area contributed by atoms with Gasteiger partial charge in [0.1, 0.15) is 12.6 Å². The highest BCUT2D eigenvalue weighted by Crippen LogP contribution is 2.27. The summed E-state index contributed by atoms with van der Waals surface area (Å²) in [7, 11) is -3.98. The van der Waals surface area contributed by atoms with Crippen LogP contribution in [0.2, 0.25) is 0 Å². The Morgan fingerprint density at radius 3 is 2.33 bits per heavy atom. The molecule has 0 bridgehead atoms. The maximum Gasteiger partial charge on any atom is 0.271 e. The number of anilines is 1. The van der Waals surface area contributed by atoms with Crippen LogP contribution in [0.25, 0.3) is 0 Å². The molecule has 0 fully saturated rings. The molecule has 0 aliphatic carbocycles. The number of nitrogens with one attached hydrogen (secondary N) is 1. The lowest BCUT2D eigenvalue weighted by molar-refractivity contribution is -0.384. The first-order valence-corrected chi connectivity index (χ1v) is 12.1. The molecule has 178 valence electrons. The Hall–Kier alpha value is -3.47. The first-order valence-electron chi connectivity index (χ1n) is 10.3. The number of aryl methyl sites for hydroxylation is 1. The van der Waals surface area contributed by atoms with Gasteiger partial charge in [-0.1, -0.05) is 36.4 Å². The Labute approximate surface area is 193 Å². The predicted molar refractivity (Wildman–Crippen MR) is 125 cm³/mol. The number of rotatable bonds is 10. The zero-order chi connectivity index (χ0) is 24.8. The summed E-state index contributed by atoms with van der Waals surface area (Å²) in [6, 6.07) is 11.9. The Morgan fingerprint density at radius 2 is 1.79 bits per heavy atom. The van der Waals surface area contributed by atoms with Gasteiger partial charge in [-0.2, -0.15) is 0 Å². The molecular weight excluding hydrogens is 448 g/mol. The minimum absolute atomic E-state index is 0.0328. The normalized spacial score (nSPS) is 12.0. The minimum atomic E-state index is -3.98. The Bertz CT molecular complexity index is 1120. The quantitative estimate of drug-likeness (QED) is 0.413. The van der Waals surface area contributed by atoms with Gasteiger partial charge in [0.05, 0.1) is 16.9 Å². The Morgan fingerprint density at radius 1 is 1.15 bits per heavy atom. The Kier molecular flexibility index (Phi) is 8.52.